The van der Waals surface area contributed by atoms with Crippen LogP contribution in [0.3, 0.4) is 0 Å². The molecule has 1 heterocycles. The van der Waals surface area contributed by atoms with E-state index in [1.54, 1.807) is 18.4 Å². The molecule has 1 aromatic heterocycles. The van der Waals surface area contributed by atoms with E-state index in [2.05, 4.69) is 39.1 Å². The molecular weight excluding hydrogens is 312 g/mol. The Balaban J connectivity index is 2.34. The molecule has 1 unspecified atom stereocenters. The molecule has 96 valence electrons. The van der Waals surface area contributed by atoms with Crippen molar-refractivity contribution < 1.29 is 4.74 Å². The van der Waals surface area contributed by atoms with Gasteiger partial charge in [0.1, 0.15) is 15.8 Å². The van der Waals surface area contributed by atoms with Gasteiger partial charge in [0.05, 0.1) is 11.9 Å². The lowest BCUT2D eigenvalue weighted by Crippen LogP contribution is -1.87. The smallest absolute Gasteiger partial charge is 0.147 e. The maximum Gasteiger partial charge on any atom is 0.147 e. The number of halogens is 1. The van der Waals surface area contributed by atoms with Gasteiger partial charge in [-0.2, -0.15) is 0 Å². The van der Waals surface area contributed by atoms with Gasteiger partial charge in [0, 0.05) is 5.56 Å². The average Bonchev–Trinajstić information content (AvgIpc) is 2.88. The third-order valence-corrected chi connectivity index (χ3v) is 5.19. The first-order valence-electron chi connectivity index (χ1n) is 5.78. The van der Waals surface area contributed by atoms with E-state index in [4.69, 9.17) is 4.74 Å². The second kappa shape index (κ2) is 5.80. The van der Waals surface area contributed by atoms with Gasteiger partial charge in [0.25, 0.3) is 0 Å². The standard InChI is InChI=1S/C13H15BrN2OS/c1-4-10(14)13-16-15-12(18-13)9-6-5-8(2)11(7-9)17-3/h5-7,10H,4H2,1-3H3. The van der Waals surface area contributed by atoms with Crippen molar-refractivity contribution in [2.24, 2.45) is 0 Å². The van der Waals surface area contributed by atoms with Crippen molar-refractivity contribution in [2.45, 2.75) is 25.1 Å². The van der Waals surface area contributed by atoms with E-state index in [0.29, 0.717) is 0 Å². The maximum absolute atomic E-state index is 5.33. The highest BCUT2D eigenvalue weighted by Crippen LogP contribution is 2.34. The van der Waals surface area contributed by atoms with Crippen LogP contribution >= 0.6 is 27.3 Å². The summed E-state index contributed by atoms with van der Waals surface area (Å²) in [6.45, 7) is 4.15. The summed E-state index contributed by atoms with van der Waals surface area (Å²) in [4.78, 5) is 0.288. The predicted molar refractivity (Wildman–Crippen MR) is 78.6 cm³/mol. The summed E-state index contributed by atoms with van der Waals surface area (Å²) in [5.41, 5.74) is 2.18. The van der Waals surface area contributed by atoms with Crippen molar-refractivity contribution in [3.63, 3.8) is 0 Å². The molecule has 0 radical (unpaired) electrons. The summed E-state index contributed by atoms with van der Waals surface area (Å²) in [5, 5.41) is 10.4. The maximum atomic E-state index is 5.33. The molecule has 0 spiro atoms. The Morgan fingerprint density at radius 2 is 2.17 bits per heavy atom. The zero-order valence-corrected chi connectivity index (χ0v) is 13.0. The van der Waals surface area contributed by atoms with Crippen LogP contribution in [0.15, 0.2) is 18.2 Å². The third kappa shape index (κ3) is 2.72. The number of nitrogens with zero attached hydrogens (tertiary/aromatic N) is 2. The van der Waals surface area contributed by atoms with Crippen LogP contribution in [-0.2, 0) is 0 Å². The molecule has 18 heavy (non-hydrogen) atoms. The summed E-state index contributed by atoms with van der Waals surface area (Å²) in [7, 11) is 1.68. The van der Waals surface area contributed by atoms with Gasteiger partial charge in [0.15, 0.2) is 0 Å². The Hall–Kier alpha value is -0.940. The van der Waals surface area contributed by atoms with Gasteiger partial charge in [-0.15, -0.1) is 10.2 Å². The predicted octanol–water partition coefficient (Wildman–Crippen LogP) is 4.37. The summed E-state index contributed by atoms with van der Waals surface area (Å²) >= 11 is 5.21. The number of benzene rings is 1. The molecule has 2 rings (SSSR count). The van der Waals surface area contributed by atoms with E-state index in [9.17, 15) is 0 Å². The average molecular weight is 327 g/mol. The van der Waals surface area contributed by atoms with E-state index in [0.717, 1.165) is 33.3 Å². The van der Waals surface area contributed by atoms with E-state index in [1.165, 1.54) is 0 Å². The first-order valence-corrected chi connectivity index (χ1v) is 7.51. The zero-order valence-electron chi connectivity index (χ0n) is 10.6. The molecule has 0 aliphatic carbocycles. The summed E-state index contributed by atoms with van der Waals surface area (Å²) in [6, 6.07) is 6.10. The van der Waals surface area contributed by atoms with Crippen molar-refractivity contribution >= 4 is 27.3 Å². The van der Waals surface area contributed by atoms with E-state index in [-0.39, 0.29) is 4.83 Å². The highest BCUT2D eigenvalue weighted by Gasteiger charge is 2.13. The highest BCUT2D eigenvalue weighted by atomic mass is 79.9. The van der Waals surface area contributed by atoms with Crippen LogP contribution in [0.25, 0.3) is 10.6 Å². The van der Waals surface area contributed by atoms with Gasteiger partial charge >= 0.3 is 0 Å². The van der Waals surface area contributed by atoms with E-state index < -0.39 is 0 Å². The largest absolute Gasteiger partial charge is 0.496 e. The highest BCUT2D eigenvalue weighted by molar-refractivity contribution is 9.09. The Bertz CT molecular complexity index is 542. The number of aryl methyl sites for hydroxylation is 1. The number of hydrogen-bond acceptors (Lipinski definition) is 4. The monoisotopic (exact) mass is 326 g/mol. The lowest BCUT2D eigenvalue weighted by atomic mass is 10.1. The first kappa shape index (κ1) is 13.5. The number of aromatic nitrogens is 2. The third-order valence-electron chi connectivity index (χ3n) is 2.72. The fourth-order valence-electron chi connectivity index (χ4n) is 1.61. The van der Waals surface area contributed by atoms with Crippen LogP contribution in [0, 0.1) is 6.92 Å². The van der Waals surface area contributed by atoms with Gasteiger partial charge in [-0.3, -0.25) is 0 Å². The van der Waals surface area contributed by atoms with Gasteiger partial charge in [-0.05, 0) is 25.0 Å². The first-order chi connectivity index (χ1) is 8.65. The van der Waals surface area contributed by atoms with Crippen molar-refractivity contribution in [3.05, 3.63) is 28.8 Å². The van der Waals surface area contributed by atoms with Crippen molar-refractivity contribution in [3.8, 4) is 16.3 Å². The van der Waals surface area contributed by atoms with Crippen LogP contribution in [0.4, 0.5) is 0 Å². The van der Waals surface area contributed by atoms with Crippen LogP contribution in [-0.4, -0.2) is 17.3 Å². The molecule has 0 bridgehead atoms. The number of methoxy groups -OCH3 is 1. The van der Waals surface area contributed by atoms with Gasteiger partial charge in [-0.1, -0.05) is 46.3 Å². The molecule has 0 amide bonds. The zero-order chi connectivity index (χ0) is 13.1. The lowest BCUT2D eigenvalue weighted by molar-refractivity contribution is 0.412. The van der Waals surface area contributed by atoms with E-state index in [1.807, 2.05) is 19.1 Å². The van der Waals surface area contributed by atoms with Crippen LogP contribution in [0.2, 0.25) is 0 Å². The molecule has 0 fully saturated rings. The molecule has 1 aromatic carbocycles. The Morgan fingerprint density at radius 3 is 2.83 bits per heavy atom. The van der Waals surface area contributed by atoms with Gasteiger partial charge < -0.3 is 4.74 Å². The molecule has 0 N–H and O–H groups in total. The van der Waals surface area contributed by atoms with Crippen molar-refractivity contribution in [2.75, 3.05) is 7.11 Å². The fourth-order valence-corrected chi connectivity index (χ4v) is 2.88. The fraction of sp³-hybridized carbons (Fsp3) is 0.385. The van der Waals surface area contributed by atoms with Gasteiger partial charge in [-0.25, -0.2) is 0 Å². The minimum Gasteiger partial charge on any atom is -0.496 e. The van der Waals surface area contributed by atoms with Crippen molar-refractivity contribution in [1.82, 2.24) is 10.2 Å². The van der Waals surface area contributed by atoms with Gasteiger partial charge in [0.2, 0.25) is 0 Å². The Morgan fingerprint density at radius 1 is 1.39 bits per heavy atom. The van der Waals surface area contributed by atoms with Crippen LogP contribution in [0.5, 0.6) is 5.75 Å². The molecular formula is C13H15BrN2OS. The topological polar surface area (TPSA) is 35.0 Å². The van der Waals surface area contributed by atoms with Crippen molar-refractivity contribution in [1.29, 1.82) is 0 Å². The number of hydrogen-bond donors (Lipinski definition) is 0. The molecule has 0 aliphatic rings. The molecule has 5 heteroatoms. The summed E-state index contributed by atoms with van der Waals surface area (Å²) < 4.78 is 5.33. The number of rotatable bonds is 4. The van der Waals surface area contributed by atoms with Crippen LogP contribution in [0.1, 0.15) is 28.7 Å². The van der Waals surface area contributed by atoms with Crippen LogP contribution < -0.4 is 4.74 Å². The normalized spacial score (nSPS) is 12.4. The molecule has 3 nitrogen and oxygen atoms in total. The Kier molecular flexibility index (Phi) is 4.35. The second-order valence-corrected chi connectivity index (χ2v) is 6.12. The summed E-state index contributed by atoms with van der Waals surface area (Å²) in [6.07, 6.45) is 1.01. The molecule has 2 aromatic rings. The number of ether oxygens (including phenoxy) is 1. The summed E-state index contributed by atoms with van der Waals surface area (Å²) in [5.74, 6) is 0.884. The lowest BCUT2D eigenvalue weighted by Gasteiger charge is -2.05. The Labute approximate surface area is 119 Å². The quantitative estimate of drug-likeness (QED) is 0.782. The number of alkyl halides is 1. The second-order valence-electron chi connectivity index (χ2n) is 4.01. The minimum absolute atomic E-state index is 0.288. The molecule has 0 saturated carbocycles. The molecule has 1 atom stereocenters. The SMILES string of the molecule is CCC(Br)c1nnc(-c2ccc(C)c(OC)c2)s1. The minimum atomic E-state index is 0.288. The molecule has 0 saturated heterocycles. The molecule has 0 aliphatic heterocycles. The van der Waals surface area contributed by atoms with E-state index >= 15 is 0 Å².